The molecule has 0 radical (unpaired) electrons. The molecule has 0 unspecified atom stereocenters. The summed E-state index contributed by atoms with van der Waals surface area (Å²) in [6, 6.07) is 8.48. The summed E-state index contributed by atoms with van der Waals surface area (Å²) in [5.41, 5.74) is 7.72. The van der Waals surface area contributed by atoms with Crippen molar-refractivity contribution in [1.82, 2.24) is 10.9 Å². The molecule has 1 aromatic rings. The van der Waals surface area contributed by atoms with Crippen LogP contribution in [0, 0.1) is 0 Å². The Hall–Kier alpha value is -1.35. The summed E-state index contributed by atoms with van der Waals surface area (Å²) in [6.07, 6.45) is 1.88. The number of amides is 1. The fourth-order valence-electron chi connectivity index (χ4n) is 2.29. The Kier molecular flexibility index (Phi) is 3.20. The lowest BCUT2D eigenvalue weighted by atomic mass is 9.85. The van der Waals surface area contributed by atoms with Gasteiger partial charge >= 0.3 is 0 Å². The highest BCUT2D eigenvalue weighted by Gasteiger charge is 2.51. The molecule has 0 atom stereocenters. The largest absolute Gasteiger partial charge is 0.291 e. The normalized spacial score (nSPS) is 17.3. The average Bonchev–Trinajstić information content (AvgIpc) is 3.09. The summed E-state index contributed by atoms with van der Waals surface area (Å²) < 4.78 is 0. The summed E-state index contributed by atoms with van der Waals surface area (Å²) in [5.74, 6) is 0.0773. The van der Waals surface area contributed by atoms with Gasteiger partial charge in [-0.05, 0) is 29.4 Å². The predicted octanol–water partition coefficient (Wildman–Crippen LogP) is 2.27. The fourth-order valence-corrected chi connectivity index (χ4v) is 2.29. The first kappa shape index (κ1) is 13.1. The van der Waals surface area contributed by atoms with Crippen molar-refractivity contribution in [3.63, 3.8) is 0 Å². The van der Waals surface area contributed by atoms with Gasteiger partial charge in [0.25, 0.3) is 0 Å². The lowest BCUT2D eigenvalue weighted by Gasteiger charge is -2.21. The third-order valence-electron chi connectivity index (χ3n) is 3.73. The zero-order chi connectivity index (χ0) is 13.4. The summed E-state index contributed by atoms with van der Waals surface area (Å²) in [4.78, 5) is 12.0. The Labute approximate surface area is 109 Å². The van der Waals surface area contributed by atoms with Gasteiger partial charge in [0.1, 0.15) is 0 Å². The van der Waals surface area contributed by atoms with Crippen LogP contribution in [0.4, 0.5) is 0 Å². The molecule has 0 heterocycles. The number of nitrogens with one attached hydrogen (secondary N) is 2. The smallest absolute Gasteiger partial charge is 0.244 e. The highest BCUT2D eigenvalue weighted by Crippen LogP contribution is 2.48. The quantitative estimate of drug-likeness (QED) is 0.803. The second kappa shape index (κ2) is 4.39. The van der Waals surface area contributed by atoms with Crippen molar-refractivity contribution in [2.75, 3.05) is 7.05 Å². The second-order valence-electron chi connectivity index (χ2n) is 6.11. The average molecular weight is 246 g/mol. The summed E-state index contributed by atoms with van der Waals surface area (Å²) in [7, 11) is 1.72. The lowest BCUT2D eigenvalue weighted by molar-refractivity contribution is -0.124. The van der Waals surface area contributed by atoms with Gasteiger partial charge in [0, 0.05) is 7.05 Å². The minimum absolute atomic E-state index is 0.0773. The Morgan fingerprint density at radius 3 is 2.11 bits per heavy atom. The van der Waals surface area contributed by atoms with Crippen LogP contribution in [-0.2, 0) is 15.6 Å². The van der Waals surface area contributed by atoms with E-state index in [1.54, 1.807) is 7.05 Å². The van der Waals surface area contributed by atoms with Crippen LogP contribution in [0.3, 0.4) is 0 Å². The van der Waals surface area contributed by atoms with Crippen LogP contribution in [0.5, 0.6) is 0 Å². The number of carbonyl (C=O) groups excluding carboxylic acids is 1. The SMILES string of the molecule is CNNC(=O)C1(c2ccc(C(C)(C)C)cc2)CC1. The molecule has 0 aromatic heterocycles. The number of carbonyl (C=O) groups is 1. The molecule has 3 nitrogen and oxygen atoms in total. The van der Waals surface area contributed by atoms with E-state index in [0.717, 1.165) is 18.4 Å². The number of hydrogen-bond donors (Lipinski definition) is 2. The minimum atomic E-state index is -0.292. The van der Waals surface area contributed by atoms with E-state index < -0.39 is 0 Å². The maximum atomic E-state index is 12.0. The van der Waals surface area contributed by atoms with E-state index >= 15 is 0 Å². The van der Waals surface area contributed by atoms with Gasteiger partial charge in [-0.3, -0.25) is 10.2 Å². The van der Waals surface area contributed by atoms with E-state index in [2.05, 4.69) is 55.9 Å². The van der Waals surface area contributed by atoms with E-state index in [0.29, 0.717) is 0 Å². The molecule has 3 heteroatoms. The molecule has 98 valence electrons. The van der Waals surface area contributed by atoms with Gasteiger partial charge in [-0.2, -0.15) is 0 Å². The van der Waals surface area contributed by atoms with Crippen molar-refractivity contribution >= 4 is 5.91 Å². The first-order valence-corrected chi connectivity index (χ1v) is 6.48. The van der Waals surface area contributed by atoms with E-state index in [4.69, 9.17) is 0 Å². The van der Waals surface area contributed by atoms with Gasteiger partial charge < -0.3 is 0 Å². The topological polar surface area (TPSA) is 41.1 Å². The van der Waals surface area contributed by atoms with Crippen molar-refractivity contribution in [2.45, 2.75) is 44.4 Å². The maximum absolute atomic E-state index is 12.0. The maximum Gasteiger partial charge on any atom is 0.244 e. The molecule has 0 spiro atoms. The number of benzene rings is 1. The minimum Gasteiger partial charge on any atom is -0.291 e. The van der Waals surface area contributed by atoms with E-state index in [1.165, 1.54) is 5.56 Å². The fraction of sp³-hybridized carbons (Fsp3) is 0.533. The summed E-state index contributed by atoms with van der Waals surface area (Å²) >= 11 is 0. The molecule has 1 amide bonds. The molecule has 1 aliphatic carbocycles. The van der Waals surface area contributed by atoms with Crippen LogP contribution in [0.2, 0.25) is 0 Å². The first-order valence-electron chi connectivity index (χ1n) is 6.48. The molecule has 0 saturated heterocycles. The molecule has 0 aliphatic heterocycles. The van der Waals surface area contributed by atoms with Crippen LogP contribution in [0.15, 0.2) is 24.3 Å². The molecule has 1 fully saturated rings. The van der Waals surface area contributed by atoms with Crippen molar-refractivity contribution in [1.29, 1.82) is 0 Å². The van der Waals surface area contributed by atoms with Crippen LogP contribution in [0.25, 0.3) is 0 Å². The highest BCUT2D eigenvalue weighted by atomic mass is 16.2. The Bertz CT molecular complexity index is 439. The third-order valence-corrected chi connectivity index (χ3v) is 3.73. The molecule has 1 aliphatic rings. The van der Waals surface area contributed by atoms with E-state index in [-0.39, 0.29) is 16.7 Å². The molecular weight excluding hydrogens is 224 g/mol. The van der Waals surface area contributed by atoms with Crippen molar-refractivity contribution in [3.8, 4) is 0 Å². The zero-order valence-electron chi connectivity index (χ0n) is 11.6. The zero-order valence-corrected chi connectivity index (χ0v) is 11.6. The number of hydrazine groups is 1. The van der Waals surface area contributed by atoms with Crippen molar-refractivity contribution in [2.24, 2.45) is 0 Å². The van der Waals surface area contributed by atoms with Crippen molar-refractivity contribution in [3.05, 3.63) is 35.4 Å². The molecule has 1 saturated carbocycles. The van der Waals surface area contributed by atoms with E-state index in [9.17, 15) is 4.79 Å². The molecule has 1 aromatic carbocycles. The Morgan fingerprint density at radius 2 is 1.72 bits per heavy atom. The number of hydrogen-bond acceptors (Lipinski definition) is 2. The van der Waals surface area contributed by atoms with Crippen LogP contribution >= 0.6 is 0 Å². The summed E-state index contributed by atoms with van der Waals surface area (Å²) in [6.45, 7) is 6.59. The molecule has 0 bridgehead atoms. The van der Waals surface area contributed by atoms with Crippen LogP contribution < -0.4 is 10.9 Å². The summed E-state index contributed by atoms with van der Waals surface area (Å²) in [5, 5.41) is 0. The van der Waals surface area contributed by atoms with Gasteiger partial charge in [0.05, 0.1) is 5.41 Å². The van der Waals surface area contributed by atoms with E-state index in [1.807, 2.05) is 0 Å². The molecular formula is C15H22N2O. The Morgan fingerprint density at radius 1 is 1.17 bits per heavy atom. The third kappa shape index (κ3) is 2.27. The Balaban J connectivity index is 2.23. The first-order chi connectivity index (χ1) is 8.40. The predicted molar refractivity (Wildman–Crippen MR) is 73.3 cm³/mol. The highest BCUT2D eigenvalue weighted by molar-refractivity contribution is 5.90. The van der Waals surface area contributed by atoms with Gasteiger partial charge in [-0.25, -0.2) is 5.43 Å². The van der Waals surface area contributed by atoms with Gasteiger partial charge in [-0.15, -0.1) is 0 Å². The standard InChI is InChI=1S/C15H22N2O/c1-14(2,3)11-5-7-12(8-6-11)15(9-10-15)13(18)17-16-4/h5-8,16H,9-10H2,1-4H3,(H,17,18). The van der Waals surface area contributed by atoms with Crippen LogP contribution in [0.1, 0.15) is 44.7 Å². The second-order valence-corrected chi connectivity index (χ2v) is 6.11. The molecule has 18 heavy (non-hydrogen) atoms. The van der Waals surface area contributed by atoms with Gasteiger partial charge in [0.2, 0.25) is 5.91 Å². The van der Waals surface area contributed by atoms with Crippen molar-refractivity contribution < 1.29 is 4.79 Å². The van der Waals surface area contributed by atoms with Gasteiger partial charge in [-0.1, -0.05) is 45.0 Å². The monoisotopic (exact) mass is 246 g/mol. The van der Waals surface area contributed by atoms with Crippen LogP contribution in [-0.4, -0.2) is 13.0 Å². The molecule has 2 rings (SSSR count). The van der Waals surface area contributed by atoms with Gasteiger partial charge in [0.15, 0.2) is 0 Å². The molecule has 2 N–H and O–H groups in total. The number of rotatable bonds is 3. The lowest BCUT2D eigenvalue weighted by Crippen LogP contribution is -2.41.